The monoisotopic (exact) mass is 253 g/mol. The van der Waals surface area contributed by atoms with Gasteiger partial charge in [0.05, 0.1) is 0 Å². The van der Waals surface area contributed by atoms with Crippen LogP contribution in [0.25, 0.3) is 0 Å². The van der Waals surface area contributed by atoms with Gasteiger partial charge in [0.15, 0.2) is 0 Å². The summed E-state index contributed by atoms with van der Waals surface area (Å²) in [7, 11) is 0. The van der Waals surface area contributed by atoms with Gasteiger partial charge in [-0.2, -0.15) is 0 Å². The van der Waals surface area contributed by atoms with E-state index in [-0.39, 0.29) is 0 Å². The number of likely N-dealkylation sites (N-methyl/N-ethyl adjacent to an activating group) is 1. The molecule has 0 aromatic carbocycles. The molecule has 3 heteroatoms. The Morgan fingerprint density at radius 1 is 1.06 bits per heavy atom. The second-order valence-electron chi connectivity index (χ2n) is 6.20. The van der Waals surface area contributed by atoms with Crippen molar-refractivity contribution in [2.45, 2.75) is 58.0 Å². The van der Waals surface area contributed by atoms with Crippen molar-refractivity contribution in [3.05, 3.63) is 0 Å². The first-order valence-corrected chi connectivity index (χ1v) is 7.94. The fraction of sp³-hybridized carbons (Fsp3) is 1.00. The summed E-state index contributed by atoms with van der Waals surface area (Å²) in [6, 6.07) is 1.30. The minimum Gasteiger partial charge on any atom is -0.328 e. The molecule has 1 saturated carbocycles. The molecule has 2 N–H and O–H groups in total. The first-order chi connectivity index (χ1) is 8.72. The summed E-state index contributed by atoms with van der Waals surface area (Å²) in [5.74, 6) is 0.917. The van der Waals surface area contributed by atoms with Crippen LogP contribution < -0.4 is 5.73 Å². The van der Waals surface area contributed by atoms with E-state index in [1.165, 1.54) is 64.8 Å². The first-order valence-electron chi connectivity index (χ1n) is 7.94. The zero-order valence-corrected chi connectivity index (χ0v) is 12.3. The Balaban J connectivity index is 1.72. The van der Waals surface area contributed by atoms with E-state index >= 15 is 0 Å². The molecule has 0 amide bonds. The number of likely N-dealkylation sites (tertiary alicyclic amines) is 1. The maximum Gasteiger partial charge on any atom is 0.0235 e. The number of rotatable bonds is 5. The van der Waals surface area contributed by atoms with Crippen LogP contribution in [0.2, 0.25) is 0 Å². The number of nitrogens with zero attached hydrogens (tertiary/aromatic N) is 2. The van der Waals surface area contributed by atoms with Crippen molar-refractivity contribution in [1.82, 2.24) is 9.80 Å². The minimum atomic E-state index is 0.489. The van der Waals surface area contributed by atoms with Crippen LogP contribution in [0.3, 0.4) is 0 Å². The van der Waals surface area contributed by atoms with Crippen LogP contribution in [0.15, 0.2) is 0 Å². The van der Waals surface area contributed by atoms with E-state index < -0.39 is 0 Å². The van der Waals surface area contributed by atoms with Crippen LogP contribution in [-0.2, 0) is 0 Å². The largest absolute Gasteiger partial charge is 0.328 e. The van der Waals surface area contributed by atoms with E-state index in [1.807, 2.05) is 0 Å². The van der Waals surface area contributed by atoms with Crippen molar-refractivity contribution in [2.75, 3.05) is 32.7 Å². The molecular weight excluding hydrogens is 222 g/mol. The lowest BCUT2D eigenvalue weighted by Crippen LogP contribution is -2.39. The summed E-state index contributed by atoms with van der Waals surface area (Å²) in [6.07, 6.45) is 6.57. The molecule has 106 valence electrons. The summed E-state index contributed by atoms with van der Waals surface area (Å²) in [6.45, 7) is 10.9. The lowest BCUT2D eigenvalue weighted by Gasteiger charge is -2.30. The van der Waals surface area contributed by atoms with Crippen molar-refractivity contribution in [3.63, 3.8) is 0 Å². The molecular formula is C15H31N3. The Kier molecular flexibility index (Phi) is 5.46. The highest BCUT2D eigenvalue weighted by atomic mass is 15.2. The molecule has 0 radical (unpaired) electrons. The normalized spacial score (nSPS) is 34.3. The molecule has 1 aliphatic carbocycles. The van der Waals surface area contributed by atoms with Crippen molar-refractivity contribution in [2.24, 2.45) is 11.7 Å². The lowest BCUT2D eigenvalue weighted by molar-refractivity contribution is 0.187. The lowest BCUT2D eigenvalue weighted by atomic mass is 9.86. The van der Waals surface area contributed by atoms with Crippen LogP contribution in [0, 0.1) is 5.92 Å². The van der Waals surface area contributed by atoms with Crippen LogP contribution in [-0.4, -0.2) is 54.6 Å². The molecule has 2 aliphatic rings. The zero-order chi connectivity index (χ0) is 13.0. The molecule has 0 aromatic rings. The van der Waals surface area contributed by atoms with Gasteiger partial charge < -0.3 is 10.6 Å². The van der Waals surface area contributed by atoms with Crippen LogP contribution in [0.5, 0.6) is 0 Å². The van der Waals surface area contributed by atoms with Crippen LogP contribution >= 0.6 is 0 Å². The van der Waals surface area contributed by atoms with Gasteiger partial charge in [-0.05, 0) is 57.7 Å². The third-order valence-electron chi connectivity index (χ3n) is 4.98. The quantitative estimate of drug-likeness (QED) is 0.812. The Hall–Kier alpha value is -0.120. The smallest absolute Gasteiger partial charge is 0.0235 e. The van der Waals surface area contributed by atoms with E-state index in [0.29, 0.717) is 6.04 Å². The molecule has 2 fully saturated rings. The summed E-state index contributed by atoms with van der Waals surface area (Å²) >= 11 is 0. The SMILES string of the molecule is CCN(CC)C1CCN(CC2CCC(N)CC2)C1. The Bertz CT molecular complexity index is 232. The fourth-order valence-electron chi connectivity index (χ4n) is 3.75. The van der Waals surface area contributed by atoms with Crippen LogP contribution in [0.1, 0.15) is 46.0 Å². The molecule has 1 heterocycles. The van der Waals surface area contributed by atoms with E-state index in [2.05, 4.69) is 23.6 Å². The van der Waals surface area contributed by atoms with Gasteiger partial charge in [-0.15, -0.1) is 0 Å². The maximum atomic E-state index is 5.98. The highest BCUT2D eigenvalue weighted by Crippen LogP contribution is 2.26. The molecule has 18 heavy (non-hydrogen) atoms. The molecule has 1 saturated heterocycles. The van der Waals surface area contributed by atoms with Gasteiger partial charge in [0.25, 0.3) is 0 Å². The topological polar surface area (TPSA) is 32.5 Å². The molecule has 1 atom stereocenters. The summed E-state index contributed by atoms with van der Waals surface area (Å²) in [4.78, 5) is 5.32. The van der Waals surface area contributed by atoms with Crippen LogP contribution in [0.4, 0.5) is 0 Å². The molecule has 2 rings (SSSR count). The van der Waals surface area contributed by atoms with Gasteiger partial charge in [-0.1, -0.05) is 13.8 Å². The van der Waals surface area contributed by atoms with Crippen molar-refractivity contribution < 1.29 is 0 Å². The van der Waals surface area contributed by atoms with Gasteiger partial charge in [0, 0.05) is 25.2 Å². The molecule has 0 spiro atoms. The van der Waals surface area contributed by atoms with Gasteiger partial charge in [0.1, 0.15) is 0 Å². The fourth-order valence-corrected chi connectivity index (χ4v) is 3.75. The van der Waals surface area contributed by atoms with Crippen molar-refractivity contribution in [1.29, 1.82) is 0 Å². The number of hydrogen-bond acceptors (Lipinski definition) is 3. The predicted molar refractivity (Wildman–Crippen MR) is 77.7 cm³/mol. The second-order valence-corrected chi connectivity index (χ2v) is 6.20. The standard InChI is InChI=1S/C15H31N3/c1-3-18(4-2)15-9-10-17(12-15)11-13-5-7-14(16)8-6-13/h13-15H,3-12,16H2,1-2H3. The number of nitrogens with two attached hydrogens (primary N) is 1. The van der Waals surface area contributed by atoms with E-state index in [9.17, 15) is 0 Å². The highest BCUT2D eigenvalue weighted by Gasteiger charge is 2.28. The van der Waals surface area contributed by atoms with E-state index in [4.69, 9.17) is 5.73 Å². The molecule has 0 aromatic heterocycles. The van der Waals surface area contributed by atoms with E-state index in [1.54, 1.807) is 0 Å². The highest BCUT2D eigenvalue weighted by molar-refractivity contribution is 4.85. The average Bonchev–Trinajstić information content (AvgIpc) is 2.82. The van der Waals surface area contributed by atoms with Gasteiger partial charge in [-0.25, -0.2) is 0 Å². The first kappa shape index (κ1) is 14.3. The summed E-state index contributed by atoms with van der Waals surface area (Å²) in [5, 5.41) is 0. The predicted octanol–water partition coefficient (Wildman–Crippen LogP) is 1.92. The van der Waals surface area contributed by atoms with Gasteiger partial charge >= 0.3 is 0 Å². The average molecular weight is 253 g/mol. The van der Waals surface area contributed by atoms with Gasteiger partial charge in [0.2, 0.25) is 0 Å². The Labute approximate surface area is 113 Å². The summed E-state index contributed by atoms with van der Waals surface area (Å²) in [5.41, 5.74) is 5.98. The maximum absolute atomic E-state index is 5.98. The zero-order valence-electron chi connectivity index (χ0n) is 12.3. The second kappa shape index (κ2) is 6.88. The molecule has 3 nitrogen and oxygen atoms in total. The third kappa shape index (κ3) is 3.69. The van der Waals surface area contributed by atoms with Crippen molar-refractivity contribution >= 4 is 0 Å². The Morgan fingerprint density at radius 3 is 2.33 bits per heavy atom. The van der Waals surface area contributed by atoms with E-state index in [0.717, 1.165) is 12.0 Å². The third-order valence-corrected chi connectivity index (χ3v) is 4.98. The van der Waals surface area contributed by atoms with Crippen molar-refractivity contribution in [3.8, 4) is 0 Å². The Morgan fingerprint density at radius 2 is 1.72 bits per heavy atom. The molecule has 1 unspecified atom stereocenters. The molecule has 1 aliphatic heterocycles. The minimum absolute atomic E-state index is 0.489. The van der Waals surface area contributed by atoms with Gasteiger partial charge in [-0.3, -0.25) is 4.90 Å². The summed E-state index contributed by atoms with van der Waals surface area (Å²) < 4.78 is 0. The molecule has 0 bridgehead atoms. The number of hydrogen-bond donors (Lipinski definition) is 1.